The molecule has 0 saturated carbocycles. The van der Waals surface area contributed by atoms with Crippen molar-refractivity contribution in [2.24, 2.45) is 5.92 Å². The molecule has 1 aromatic rings. The van der Waals surface area contributed by atoms with E-state index in [1.165, 1.54) is 0 Å². The molecule has 2 aliphatic rings. The molecule has 2 unspecified atom stereocenters. The quantitative estimate of drug-likeness (QED) is 0.859. The fourth-order valence-corrected chi connectivity index (χ4v) is 3.65. The minimum Gasteiger partial charge on any atom is -0.481 e. The molecular formula is C16H19NO4. The van der Waals surface area contributed by atoms with Crippen LogP contribution < -0.4 is 0 Å². The molecule has 0 radical (unpaired) electrons. The molecule has 0 spiro atoms. The molecular weight excluding hydrogens is 270 g/mol. The molecule has 0 aromatic heterocycles. The van der Waals surface area contributed by atoms with Gasteiger partial charge in [0, 0.05) is 18.5 Å². The highest BCUT2D eigenvalue weighted by molar-refractivity contribution is 5.89. The third kappa shape index (κ3) is 2.53. The zero-order valence-corrected chi connectivity index (χ0v) is 11.9. The number of aliphatic carboxylic acids is 1. The van der Waals surface area contributed by atoms with Gasteiger partial charge >= 0.3 is 11.9 Å². The number of esters is 1. The van der Waals surface area contributed by atoms with Gasteiger partial charge in [0.15, 0.2) is 0 Å². The monoisotopic (exact) mass is 289 g/mol. The lowest BCUT2D eigenvalue weighted by Crippen LogP contribution is -2.53. The standard InChI is InChI=1S/C16H19NO4/c1-17-11-7-8-12(17)14(15(18)19)13(9-11)21-16(20)10-5-3-2-4-6-10/h2-6,11-14H,7-9H2,1H3,(H,18,19)/t11?,12?,13-,14+/m0/s1. The summed E-state index contributed by atoms with van der Waals surface area (Å²) in [7, 11) is 1.97. The van der Waals surface area contributed by atoms with Crippen molar-refractivity contribution in [1.82, 2.24) is 4.90 Å². The first-order chi connectivity index (χ1) is 10.1. The first kappa shape index (κ1) is 14.1. The molecule has 2 aliphatic heterocycles. The smallest absolute Gasteiger partial charge is 0.338 e. The molecule has 2 bridgehead atoms. The van der Waals surface area contributed by atoms with E-state index in [0.29, 0.717) is 18.0 Å². The minimum atomic E-state index is -0.877. The van der Waals surface area contributed by atoms with E-state index in [1.807, 2.05) is 13.1 Å². The summed E-state index contributed by atoms with van der Waals surface area (Å²) >= 11 is 0. The van der Waals surface area contributed by atoms with E-state index in [0.717, 1.165) is 12.8 Å². The van der Waals surface area contributed by atoms with E-state index < -0.39 is 24.0 Å². The Kier molecular flexibility index (Phi) is 3.68. The van der Waals surface area contributed by atoms with Crippen molar-refractivity contribution < 1.29 is 19.4 Å². The van der Waals surface area contributed by atoms with Gasteiger partial charge in [0.05, 0.1) is 5.56 Å². The number of rotatable bonds is 3. The van der Waals surface area contributed by atoms with Crippen LogP contribution in [0, 0.1) is 5.92 Å². The average Bonchev–Trinajstić information content (AvgIpc) is 2.72. The molecule has 1 aromatic carbocycles. The van der Waals surface area contributed by atoms with Gasteiger partial charge in [0.1, 0.15) is 12.0 Å². The molecule has 5 nitrogen and oxygen atoms in total. The van der Waals surface area contributed by atoms with Crippen LogP contribution in [0.3, 0.4) is 0 Å². The Balaban J connectivity index is 1.78. The zero-order valence-electron chi connectivity index (χ0n) is 11.9. The minimum absolute atomic E-state index is 0.0326. The number of carbonyl (C=O) groups is 2. The number of benzene rings is 1. The lowest BCUT2D eigenvalue weighted by molar-refractivity contribution is -0.152. The molecule has 4 atom stereocenters. The highest BCUT2D eigenvalue weighted by Crippen LogP contribution is 2.39. The summed E-state index contributed by atoms with van der Waals surface area (Å²) in [4.78, 5) is 25.9. The van der Waals surface area contributed by atoms with Gasteiger partial charge in [-0.25, -0.2) is 4.79 Å². The SMILES string of the molecule is CN1C2CCC1[C@@H](C(=O)O)[C@@H](OC(=O)c1ccccc1)C2. The lowest BCUT2D eigenvalue weighted by Gasteiger charge is -2.40. The van der Waals surface area contributed by atoms with E-state index in [4.69, 9.17) is 4.74 Å². The first-order valence-corrected chi connectivity index (χ1v) is 7.28. The Bertz CT molecular complexity index is 544. The number of ether oxygens (including phenoxy) is 1. The Morgan fingerprint density at radius 3 is 2.62 bits per heavy atom. The Morgan fingerprint density at radius 1 is 1.24 bits per heavy atom. The van der Waals surface area contributed by atoms with Crippen molar-refractivity contribution in [3.8, 4) is 0 Å². The maximum atomic E-state index is 12.2. The summed E-state index contributed by atoms with van der Waals surface area (Å²) in [5, 5.41) is 9.51. The number of nitrogens with zero attached hydrogens (tertiary/aromatic N) is 1. The molecule has 5 heteroatoms. The molecule has 2 fully saturated rings. The van der Waals surface area contributed by atoms with Gasteiger partial charge in [-0.3, -0.25) is 9.69 Å². The van der Waals surface area contributed by atoms with Gasteiger partial charge in [0.2, 0.25) is 0 Å². The van der Waals surface area contributed by atoms with E-state index in [-0.39, 0.29) is 6.04 Å². The first-order valence-electron chi connectivity index (χ1n) is 7.28. The van der Waals surface area contributed by atoms with E-state index >= 15 is 0 Å². The third-order valence-corrected chi connectivity index (χ3v) is 4.77. The van der Waals surface area contributed by atoms with Crippen LogP contribution >= 0.6 is 0 Å². The highest BCUT2D eigenvalue weighted by atomic mass is 16.5. The summed E-state index contributed by atoms with van der Waals surface area (Å²) in [5.74, 6) is -1.95. The molecule has 2 saturated heterocycles. The molecule has 3 rings (SSSR count). The molecule has 1 N–H and O–H groups in total. The molecule has 21 heavy (non-hydrogen) atoms. The number of hydrogen-bond acceptors (Lipinski definition) is 4. The van der Waals surface area contributed by atoms with Crippen LogP contribution in [0.5, 0.6) is 0 Å². The highest BCUT2D eigenvalue weighted by Gasteiger charge is 2.50. The maximum Gasteiger partial charge on any atom is 0.338 e. The second kappa shape index (κ2) is 5.48. The van der Waals surface area contributed by atoms with Gasteiger partial charge in [-0.15, -0.1) is 0 Å². The largest absolute Gasteiger partial charge is 0.481 e. The van der Waals surface area contributed by atoms with Crippen molar-refractivity contribution in [1.29, 1.82) is 0 Å². The Hall–Kier alpha value is -1.88. The van der Waals surface area contributed by atoms with Crippen LogP contribution in [0.15, 0.2) is 30.3 Å². The number of carbonyl (C=O) groups excluding carboxylic acids is 1. The van der Waals surface area contributed by atoms with Crippen LogP contribution in [-0.4, -0.2) is 47.2 Å². The van der Waals surface area contributed by atoms with Gasteiger partial charge in [-0.1, -0.05) is 18.2 Å². The molecule has 112 valence electrons. The van der Waals surface area contributed by atoms with Gasteiger partial charge in [-0.2, -0.15) is 0 Å². The van der Waals surface area contributed by atoms with Gasteiger partial charge in [0.25, 0.3) is 0 Å². The Labute approximate surface area is 123 Å². The fraction of sp³-hybridized carbons (Fsp3) is 0.500. The molecule has 0 aliphatic carbocycles. The molecule has 2 heterocycles. The van der Waals surface area contributed by atoms with Crippen molar-refractivity contribution in [3.05, 3.63) is 35.9 Å². The topological polar surface area (TPSA) is 66.8 Å². The van der Waals surface area contributed by atoms with Crippen molar-refractivity contribution in [2.75, 3.05) is 7.05 Å². The van der Waals surface area contributed by atoms with Crippen molar-refractivity contribution in [3.63, 3.8) is 0 Å². The summed E-state index contributed by atoms with van der Waals surface area (Å²) < 4.78 is 5.53. The second-order valence-corrected chi connectivity index (χ2v) is 5.87. The fourth-order valence-electron chi connectivity index (χ4n) is 3.65. The summed E-state index contributed by atoms with van der Waals surface area (Å²) in [6, 6.07) is 9.01. The van der Waals surface area contributed by atoms with Gasteiger partial charge < -0.3 is 9.84 Å². The maximum absolute atomic E-state index is 12.2. The predicted molar refractivity (Wildman–Crippen MR) is 76.0 cm³/mol. The normalized spacial score (nSPS) is 31.9. The number of carboxylic acids is 1. The number of hydrogen-bond donors (Lipinski definition) is 1. The van der Waals surface area contributed by atoms with Gasteiger partial charge in [-0.05, 0) is 32.0 Å². The number of fused-ring (bicyclic) bond motifs is 2. The van der Waals surface area contributed by atoms with E-state index in [2.05, 4.69) is 4.90 Å². The predicted octanol–water partition coefficient (Wildman–Crippen LogP) is 1.78. The van der Waals surface area contributed by atoms with Crippen molar-refractivity contribution in [2.45, 2.75) is 37.5 Å². The van der Waals surface area contributed by atoms with Crippen LogP contribution in [-0.2, 0) is 9.53 Å². The summed E-state index contributed by atoms with van der Waals surface area (Å²) in [6.45, 7) is 0. The van der Waals surface area contributed by atoms with E-state index in [9.17, 15) is 14.7 Å². The van der Waals surface area contributed by atoms with Crippen LogP contribution in [0.4, 0.5) is 0 Å². The van der Waals surface area contributed by atoms with Crippen LogP contribution in [0.1, 0.15) is 29.6 Å². The molecule has 0 amide bonds. The lowest BCUT2D eigenvalue weighted by atomic mass is 9.87. The number of carboxylic acid groups (broad SMARTS) is 1. The number of piperidine rings is 1. The van der Waals surface area contributed by atoms with Crippen LogP contribution in [0.25, 0.3) is 0 Å². The second-order valence-electron chi connectivity index (χ2n) is 5.87. The Morgan fingerprint density at radius 2 is 1.95 bits per heavy atom. The summed E-state index contributed by atoms with van der Waals surface area (Å²) in [6.07, 6.45) is 1.90. The average molecular weight is 289 g/mol. The summed E-state index contributed by atoms with van der Waals surface area (Å²) in [5.41, 5.74) is 0.466. The third-order valence-electron chi connectivity index (χ3n) is 4.77. The zero-order chi connectivity index (χ0) is 15.0. The van der Waals surface area contributed by atoms with Crippen molar-refractivity contribution >= 4 is 11.9 Å². The van der Waals surface area contributed by atoms with E-state index in [1.54, 1.807) is 24.3 Å². The van der Waals surface area contributed by atoms with Crippen LogP contribution in [0.2, 0.25) is 0 Å².